The molecule has 0 amide bonds. The van der Waals surface area contributed by atoms with Crippen molar-refractivity contribution in [1.82, 2.24) is 0 Å². The Hall–Kier alpha value is -1.55. The largest absolute Gasteiger partial charge is 0.469 e. The van der Waals surface area contributed by atoms with E-state index in [0.29, 0.717) is 10.6 Å². The highest BCUT2D eigenvalue weighted by atomic mass is 35.5. The van der Waals surface area contributed by atoms with Gasteiger partial charge in [0, 0.05) is 5.02 Å². The lowest BCUT2D eigenvalue weighted by atomic mass is 9.96. The molecular formula is C12H13ClO4. The van der Waals surface area contributed by atoms with Crippen LogP contribution in [0.4, 0.5) is 0 Å². The third-order valence-electron chi connectivity index (χ3n) is 2.34. The van der Waals surface area contributed by atoms with Gasteiger partial charge in [-0.1, -0.05) is 23.7 Å². The molecule has 1 aromatic carbocycles. The maximum absolute atomic E-state index is 11.6. The van der Waals surface area contributed by atoms with Crippen LogP contribution in [-0.4, -0.2) is 26.2 Å². The number of esters is 2. The van der Waals surface area contributed by atoms with Crippen molar-refractivity contribution in [3.63, 3.8) is 0 Å². The van der Waals surface area contributed by atoms with Crippen LogP contribution in [0.25, 0.3) is 0 Å². The first-order valence-corrected chi connectivity index (χ1v) is 5.36. The summed E-state index contributed by atoms with van der Waals surface area (Å²) in [5.74, 6) is -1.65. The summed E-state index contributed by atoms with van der Waals surface area (Å²) in [6.07, 6.45) is -0.0660. The molecule has 5 heteroatoms. The van der Waals surface area contributed by atoms with Crippen molar-refractivity contribution in [3.8, 4) is 0 Å². The molecule has 1 aromatic rings. The molecule has 1 unspecified atom stereocenters. The van der Waals surface area contributed by atoms with Gasteiger partial charge in [-0.25, -0.2) is 0 Å². The highest BCUT2D eigenvalue weighted by molar-refractivity contribution is 6.30. The zero-order valence-electron chi connectivity index (χ0n) is 9.60. The normalized spacial score (nSPS) is 11.7. The Labute approximate surface area is 104 Å². The topological polar surface area (TPSA) is 52.6 Å². The molecule has 0 aliphatic carbocycles. The molecule has 1 rings (SSSR count). The van der Waals surface area contributed by atoms with Crippen molar-refractivity contribution in [3.05, 3.63) is 34.9 Å². The van der Waals surface area contributed by atoms with Crippen molar-refractivity contribution in [2.24, 2.45) is 0 Å². The summed E-state index contributed by atoms with van der Waals surface area (Å²) >= 11 is 5.84. The second-order valence-electron chi connectivity index (χ2n) is 3.41. The number of rotatable bonds is 4. The molecule has 0 heterocycles. The molecule has 92 valence electrons. The second-order valence-corrected chi connectivity index (χ2v) is 3.85. The molecule has 1 atom stereocenters. The summed E-state index contributed by atoms with van der Waals surface area (Å²) in [6.45, 7) is 0. The number of methoxy groups -OCH3 is 2. The zero-order chi connectivity index (χ0) is 12.8. The minimum absolute atomic E-state index is 0.0660. The molecule has 0 N–H and O–H groups in total. The average molecular weight is 257 g/mol. The van der Waals surface area contributed by atoms with Crippen LogP contribution in [0.15, 0.2) is 24.3 Å². The van der Waals surface area contributed by atoms with Crippen LogP contribution in [0, 0.1) is 0 Å². The quantitative estimate of drug-likeness (QED) is 0.775. The highest BCUT2D eigenvalue weighted by Gasteiger charge is 2.25. The number of carbonyl (C=O) groups is 2. The van der Waals surface area contributed by atoms with E-state index in [9.17, 15) is 9.59 Å². The van der Waals surface area contributed by atoms with E-state index in [1.165, 1.54) is 14.2 Å². The van der Waals surface area contributed by atoms with Crippen LogP contribution in [-0.2, 0) is 19.1 Å². The van der Waals surface area contributed by atoms with Gasteiger partial charge >= 0.3 is 11.9 Å². The van der Waals surface area contributed by atoms with E-state index in [4.69, 9.17) is 11.6 Å². The van der Waals surface area contributed by atoms with Crippen molar-refractivity contribution in [2.75, 3.05) is 14.2 Å². The van der Waals surface area contributed by atoms with E-state index in [0.717, 1.165) is 0 Å². The average Bonchev–Trinajstić information content (AvgIpc) is 2.34. The Morgan fingerprint density at radius 3 is 2.53 bits per heavy atom. The van der Waals surface area contributed by atoms with Crippen LogP contribution in [0.5, 0.6) is 0 Å². The Balaban J connectivity index is 2.97. The van der Waals surface area contributed by atoms with Crippen molar-refractivity contribution >= 4 is 23.5 Å². The Morgan fingerprint density at radius 1 is 1.29 bits per heavy atom. The van der Waals surface area contributed by atoms with Gasteiger partial charge in [0.25, 0.3) is 0 Å². The number of ether oxygens (including phenoxy) is 2. The molecule has 0 fully saturated rings. The lowest BCUT2D eigenvalue weighted by Gasteiger charge is -2.13. The summed E-state index contributed by atoms with van der Waals surface area (Å²) in [4.78, 5) is 22.8. The molecule has 17 heavy (non-hydrogen) atoms. The number of hydrogen-bond acceptors (Lipinski definition) is 4. The minimum atomic E-state index is -0.689. The van der Waals surface area contributed by atoms with Gasteiger partial charge in [-0.05, 0) is 17.7 Å². The van der Waals surface area contributed by atoms with Gasteiger partial charge in [0.2, 0.25) is 0 Å². The van der Waals surface area contributed by atoms with E-state index >= 15 is 0 Å². The SMILES string of the molecule is COC(=O)CC(C(=O)OC)c1cccc(Cl)c1. The summed E-state index contributed by atoms with van der Waals surface area (Å²) in [7, 11) is 2.55. The van der Waals surface area contributed by atoms with Gasteiger partial charge < -0.3 is 9.47 Å². The molecule has 4 nitrogen and oxygen atoms in total. The lowest BCUT2D eigenvalue weighted by molar-refractivity contribution is -0.149. The molecule has 0 bridgehead atoms. The fourth-order valence-corrected chi connectivity index (χ4v) is 1.65. The third-order valence-corrected chi connectivity index (χ3v) is 2.57. The first-order valence-electron chi connectivity index (χ1n) is 4.98. The van der Waals surface area contributed by atoms with E-state index in [-0.39, 0.29) is 6.42 Å². The second kappa shape index (κ2) is 6.25. The predicted molar refractivity (Wildman–Crippen MR) is 62.8 cm³/mol. The molecule has 0 saturated heterocycles. The standard InChI is InChI=1S/C12H13ClO4/c1-16-11(14)7-10(12(15)17-2)8-4-3-5-9(13)6-8/h3-6,10H,7H2,1-2H3. The number of benzene rings is 1. The first-order chi connectivity index (χ1) is 8.08. The highest BCUT2D eigenvalue weighted by Crippen LogP contribution is 2.24. The monoisotopic (exact) mass is 256 g/mol. The van der Waals surface area contributed by atoms with Gasteiger partial charge in [-0.3, -0.25) is 9.59 Å². The van der Waals surface area contributed by atoms with Crippen LogP contribution < -0.4 is 0 Å². The van der Waals surface area contributed by atoms with Gasteiger partial charge in [-0.2, -0.15) is 0 Å². The predicted octanol–water partition coefficient (Wildman–Crippen LogP) is 2.16. The smallest absolute Gasteiger partial charge is 0.313 e. The van der Waals surface area contributed by atoms with Crippen LogP contribution in [0.2, 0.25) is 5.02 Å². The summed E-state index contributed by atoms with van der Waals surface area (Å²) < 4.78 is 9.21. The third kappa shape index (κ3) is 3.75. The van der Waals surface area contributed by atoms with Gasteiger partial charge in [-0.15, -0.1) is 0 Å². The van der Waals surface area contributed by atoms with E-state index in [1.54, 1.807) is 24.3 Å². The van der Waals surface area contributed by atoms with Crippen LogP contribution in [0.3, 0.4) is 0 Å². The fourth-order valence-electron chi connectivity index (χ4n) is 1.45. The minimum Gasteiger partial charge on any atom is -0.469 e. The van der Waals surface area contributed by atoms with E-state index in [2.05, 4.69) is 9.47 Å². The molecule has 0 saturated carbocycles. The molecule has 0 spiro atoms. The molecule has 0 aromatic heterocycles. The van der Waals surface area contributed by atoms with Gasteiger partial charge in [0.15, 0.2) is 0 Å². The van der Waals surface area contributed by atoms with Crippen LogP contribution in [0.1, 0.15) is 17.9 Å². The van der Waals surface area contributed by atoms with E-state index < -0.39 is 17.9 Å². The van der Waals surface area contributed by atoms with Crippen molar-refractivity contribution in [2.45, 2.75) is 12.3 Å². The number of halogens is 1. The van der Waals surface area contributed by atoms with Crippen LogP contribution >= 0.6 is 11.6 Å². The summed E-state index contributed by atoms with van der Waals surface area (Å²) in [6, 6.07) is 6.75. The Bertz CT molecular complexity index is 417. The number of carbonyl (C=O) groups excluding carboxylic acids is 2. The zero-order valence-corrected chi connectivity index (χ0v) is 10.4. The molecule has 0 aliphatic heterocycles. The van der Waals surface area contributed by atoms with Crippen molar-refractivity contribution in [1.29, 1.82) is 0 Å². The number of hydrogen-bond donors (Lipinski definition) is 0. The summed E-state index contributed by atoms with van der Waals surface area (Å²) in [5.41, 5.74) is 0.634. The first kappa shape index (κ1) is 13.5. The Morgan fingerprint density at radius 2 is 2.00 bits per heavy atom. The molecular weight excluding hydrogens is 244 g/mol. The summed E-state index contributed by atoms with van der Waals surface area (Å²) in [5, 5.41) is 0.501. The van der Waals surface area contributed by atoms with Crippen molar-refractivity contribution < 1.29 is 19.1 Å². The fraction of sp³-hybridized carbons (Fsp3) is 0.333. The molecule has 0 radical (unpaired) electrons. The maximum atomic E-state index is 11.6. The molecule has 0 aliphatic rings. The lowest BCUT2D eigenvalue weighted by Crippen LogP contribution is -2.18. The van der Waals surface area contributed by atoms with Gasteiger partial charge in [0.1, 0.15) is 0 Å². The Kier molecular flexibility index (Phi) is 4.97. The maximum Gasteiger partial charge on any atom is 0.313 e. The van der Waals surface area contributed by atoms with Gasteiger partial charge in [0.05, 0.1) is 26.6 Å². The van der Waals surface area contributed by atoms with E-state index in [1.807, 2.05) is 0 Å².